The fourth-order valence-electron chi connectivity index (χ4n) is 7.34. The number of ether oxygens (including phenoxy) is 4. The van der Waals surface area contributed by atoms with Crippen LogP contribution in [0.3, 0.4) is 0 Å². The van der Waals surface area contributed by atoms with Gasteiger partial charge in [0.05, 0.1) is 0 Å². The molecule has 2 atom stereocenters. The van der Waals surface area contributed by atoms with E-state index in [0.29, 0.717) is 33.4 Å². The van der Waals surface area contributed by atoms with Gasteiger partial charge in [-0.25, -0.2) is 9.59 Å². The Bertz CT molecular complexity index is 1920. The number of benzene rings is 6. The van der Waals surface area contributed by atoms with Crippen LogP contribution < -0.4 is 0 Å². The van der Waals surface area contributed by atoms with Crippen LogP contribution in [0.1, 0.15) is 33.4 Å². The first-order valence-corrected chi connectivity index (χ1v) is 17.4. The first-order valence-electron chi connectivity index (χ1n) is 17.4. The van der Waals surface area contributed by atoms with E-state index in [-0.39, 0.29) is 0 Å². The average molecular weight is 699 g/mol. The third kappa shape index (κ3) is 6.29. The van der Waals surface area contributed by atoms with Crippen molar-refractivity contribution in [3.8, 4) is 0 Å². The lowest BCUT2D eigenvalue weighted by Gasteiger charge is -2.45. The van der Waals surface area contributed by atoms with Crippen molar-refractivity contribution in [2.75, 3.05) is 0 Å². The van der Waals surface area contributed by atoms with Gasteiger partial charge in [0.1, 0.15) is 12.2 Å². The van der Waals surface area contributed by atoms with E-state index in [1.54, 1.807) is 0 Å². The predicted octanol–water partition coefficient (Wildman–Crippen LogP) is 9.02. The van der Waals surface area contributed by atoms with Gasteiger partial charge in [-0.1, -0.05) is 195 Å². The van der Waals surface area contributed by atoms with Crippen LogP contribution in [0.15, 0.2) is 207 Å². The zero-order valence-corrected chi connectivity index (χ0v) is 29.0. The molecule has 53 heavy (non-hydrogen) atoms. The maximum Gasteiger partial charge on any atom is 0.331 e. The van der Waals surface area contributed by atoms with E-state index in [0.717, 1.165) is 12.2 Å². The molecule has 1 heterocycles. The van der Waals surface area contributed by atoms with Crippen LogP contribution in [0.25, 0.3) is 0 Å². The molecule has 0 radical (unpaired) electrons. The van der Waals surface area contributed by atoms with E-state index in [4.69, 9.17) is 18.9 Å². The molecule has 0 N–H and O–H groups in total. The quantitative estimate of drug-likeness (QED) is 0.0939. The Labute approximate surface area is 309 Å². The molecule has 0 bridgehead atoms. The normalized spacial score (nSPS) is 16.6. The molecule has 1 fully saturated rings. The second kappa shape index (κ2) is 15.1. The highest BCUT2D eigenvalue weighted by molar-refractivity contribution is 5.83. The Morgan fingerprint density at radius 1 is 0.453 bits per heavy atom. The largest absolute Gasteiger partial charge is 0.443 e. The van der Waals surface area contributed by atoms with Crippen molar-refractivity contribution in [1.29, 1.82) is 0 Å². The molecule has 6 heteroatoms. The summed E-state index contributed by atoms with van der Waals surface area (Å²) in [4.78, 5) is 27.6. The highest BCUT2D eigenvalue weighted by Crippen LogP contribution is 2.57. The van der Waals surface area contributed by atoms with Gasteiger partial charge in [-0.15, -0.1) is 0 Å². The van der Waals surface area contributed by atoms with Gasteiger partial charge in [0.25, 0.3) is 0 Å². The van der Waals surface area contributed by atoms with E-state index >= 15 is 0 Å². The summed E-state index contributed by atoms with van der Waals surface area (Å²) < 4.78 is 28.6. The summed E-state index contributed by atoms with van der Waals surface area (Å²) in [5, 5.41) is 0. The lowest BCUT2D eigenvalue weighted by molar-refractivity contribution is -0.188. The summed E-state index contributed by atoms with van der Waals surface area (Å²) in [6.07, 6.45) is -0.164. The third-order valence-electron chi connectivity index (χ3n) is 9.64. The molecule has 0 saturated carbocycles. The molecule has 6 aromatic carbocycles. The maximum absolute atomic E-state index is 13.8. The van der Waals surface area contributed by atoms with Crippen LogP contribution in [-0.2, 0) is 45.5 Å². The highest BCUT2D eigenvalue weighted by atomic mass is 16.8. The number of rotatable bonds is 12. The lowest BCUT2D eigenvalue weighted by Crippen LogP contribution is -2.57. The van der Waals surface area contributed by atoms with Crippen molar-refractivity contribution < 1.29 is 28.5 Å². The number of esters is 2. The van der Waals surface area contributed by atoms with Crippen molar-refractivity contribution in [3.05, 3.63) is 241 Å². The van der Waals surface area contributed by atoms with Crippen LogP contribution >= 0.6 is 0 Å². The minimum absolute atomic E-state index is 0.599. The third-order valence-corrected chi connectivity index (χ3v) is 9.64. The van der Waals surface area contributed by atoms with Crippen molar-refractivity contribution in [2.24, 2.45) is 0 Å². The Kier molecular flexibility index (Phi) is 9.99. The number of carbonyl (C=O) groups is 2. The molecule has 0 unspecified atom stereocenters. The monoisotopic (exact) mass is 698 g/mol. The Morgan fingerprint density at radius 2 is 0.698 bits per heavy atom. The van der Waals surface area contributed by atoms with E-state index in [9.17, 15) is 9.59 Å². The zero-order valence-electron chi connectivity index (χ0n) is 29.0. The summed E-state index contributed by atoms with van der Waals surface area (Å²) in [5.74, 6) is -2.99. The van der Waals surface area contributed by atoms with Crippen molar-refractivity contribution >= 4 is 11.9 Å². The highest BCUT2D eigenvalue weighted by Gasteiger charge is 2.67. The fraction of sp³-hybridized carbons (Fsp3) is 0.106. The second-order valence-corrected chi connectivity index (χ2v) is 12.6. The van der Waals surface area contributed by atoms with Gasteiger partial charge in [-0.05, 0) is 0 Å². The summed E-state index contributed by atoms with van der Waals surface area (Å²) in [6, 6.07) is 56.8. The second-order valence-electron chi connectivity index (χ2n) is 12.6. The van der Waals surface area contributed by atoms with Crippen molar-refractivity contribution in [2.45, 2.75) is 29.2 Å². The van der Waals surface area contributed by atoms with E-state index in [1.165, 1.54) is 0 Å². The van der Waals surface area contributed by atoms with Crippen LogP contribution in [0.2, 0.25) is 0 Å². The standard InChI is InChI=1S/C47H38O6/c1-3-41(48)50-45(35-23-11-5-12-24-35,36-25-13-6-14-26-36)43-44(53-47(52-43,39-31-19-9-20-32-39)40-33-21-10-22-34-40)46(51-42(49)4-2,37-27-15-7-16-28-37)38-29-17-8-18-30-38/h3-34,43-44H,1-2H2/t43-,44-/m1/s1. The molecule has 0 aliphatic carbocycles. The van der Waals surface area contributed by atoms with Crippen molar-refractivity contribution in [1.82, 2.24) is 0 Å². The molecular weight excluding hydrogens is 661 g/mol. The number of hydrogen-bond acceptors (Lipinski definition) is 6. The molecular formula is C47H38O6. The summed E-state index contributed by atoms with van der Waals surface area (Å²) in [7, 11) is 0. The van der Waals surface area contributed by atoms with Crippen LogP contribution in [0, 0.1) is 0 Å². The van der Waals surface area contributed by atoms with E-state index in [1.807, 2.05) is 182 Å². The van der Waals surface area contributed by atoms with Crippen LogP contribution in [0.5, 0.6) is 0 Å². The summed E-state index contributed by atoms with van der Waals surface area (Å²) in [6.45, 7) is 7.54. The van der Waals surface area contributed by atoms with Gasteiger partial charge in [0.15, 0.2) is 11.2 Å². The van der Waals surface area contributed by atoms with Gasteiger partial charge >= 0.3 is 11.9 Å². The predicted molar refractivity (Wildman–Crippen MR) is 203 cm³/mol. The van der Waals surface area contributed by atoms with Crippen LogP contribution in [0.4, 0.5) is 0 Å². The zero-order chi connectivity index (χ0) is 36.7. The summed E-state index contributed by atoms with van der Waals surface area (Å²) >= 11 is 0. The van der Waals surface area contributed by atoms with Gasteiger partial charge in [0, 0.05) is 45.5 Å². The maximum atomic E-state index is 13.8. The number of hydrogen-bond donors (Lipinski definition) is 0. The molecule has 1 aliphatic rings. The topological polar surface area (TPSA) is 71.1 Å². The molecule has 1 saturated heterocycles. The lowest BCUT2D eigenvalue weighted by atomic mass is 9.71. The number of carbonyl (C=O) groups excluding carboxylic acids is 2. The Balaban J connectivity index is 1.66. The molecule has 0 amide bonds. The van der Waals surface area contributed by atoms with E-state index in [2.05, 4.69) is 13.2 Å². The Morgan fingerprint density at radius 3 is 0.943 bits per heavy atom. The molecule has 0 aromatic heterocycles. The first kappa shape index (κ1) is 35.1. The van der Waals surface area contributed by atoms with Gasteiger partial charge in [-0.3, -0.25) is 0 Å². The first-order chi connectivity index (χ1) is 26.0. The molecule has 0 spiro atoms. The van der Waals surface area contributed by atoms with Crippen LogP contribution in [-0.4, -0.2) is 24.1 Å². The van der Waals surface area contributed by atoms with Gasteiger partial charge in [-0.2, -0.15) is 0 Å². The van der Waals surface area contributed by atoms with Gasteiger partial charge < -0.3 is 18.9 Å². The average Bonchev–Trinajstić information content (AvgIpc) is 3.66. The molecule has 6 nitrogen and oxygen atoms in total. The fourth-order valence-corrected chi connectivity index (χ4v) is 7.34. The summed E-state index contributed by atoms with van der Waals surface area (Å²) in [5.41, 5.74) is 0.328. The smallest absolute Gasteiger partial charge is 0.331 e. The minimum Gasteiger partial charge on any atom is -0.443 e. The molecule has 6 aromatic rings. The van der Waals surface area contributed by atoms with Gasteiger partial charge in [0.2, 0.25) is 5.79 Å². The minimum atomic E-state index is -1.71. The molecule has 7 rings (SSSR count). The molecule has 262 valence electrons. The van der Waals surface area contributed by atoms with E-state index < -0.39 is 41.1 Å². The SMILES string of the molecule is C=CC(=O)OC(c1ccccc1)(c1ccccc1)[C@@H]1OC(c2ccccc2)(c2ccccc2)O[C@H]1C(OC(=O)C=C)(c1ccccc1)c1ccccc1. The van der Waals surface area contributed by atoms with Crippen molar-refractivity contribution in [3.63, 3.8) is 0 Å². The Hall–Kier alpha value is -6.34. The molecule has 1 aliphatic heterocycles.